The summed E-state index contributed by atoms with van der Waals surface area (Å²) in [5.41, 5.74) is 0. The predicted molar refractivity (Wildman–Crippen MR) is 65.7 cm³/mol. The summed E-state index contributed by atoms with van der Waals surface area (Å²) in [6, 6.07) is -0.441. The number of carbonyl (C=O) groups is 2. The van der Waals surface area contributed by atoms with E-state index in [0.29, 0.717) is 0 Å². The van der Waals surface area contributed by atoms with Crippen molar-refractivity contribution in [2.75, 3.05) is 25.2 Å². The molecule has 2 N–H and O–H groups in total. The first-order chi connectivity index (χ1) is 7.18. The molecule has 16 heavy (non-hydrogen) atoms. The molecule has 2 aliphatic heterocycles. The van der Waals surface area contributed by atoms with Crippen molar-refractivity contribution in [2.24, 2.45) is 0 Å². The van der Waals surface area contributed by atoms with Gasteiger partial charge in [-0.15, -0.1) is 24.2 Å². The van der Waals surface area contributed by atoms with Crippen LogP contribution in [0.1, 0.15) is 6.42 Å². The van der Waals surface area contributed by atoms with Crippen molar-refractivity contribution in [3.8, 4) is 0 Å². The van der Waals surface area contributed by atoms with Crippen molar-refractivity contribution in [1.82, 2.24) is 15.5 Å². The number of likely N-dealkylation sites (N-methyl/N-ethyl adjacent to an activating group) is 1. The van der Waals surface area contributed by atoms with Crippen LogP contribution in [0, 0.1) is 0 Å². The molecular weight excluding hydrogens is 250 g/mol. The number of amides is 2. The molecule has 2 heterocycles. The minimum absolute atomic E-state index is 0. The lowest BCUT2D eigenvalue weighted by molar-refractivity contribution is -0.132. The summed E-state index contributed by atoms with van der Waals surface area (Å²) < 4.78 is 0. The highest BCUT2D eigenvalue weighted by Gasteiger charge is 2.32. The second kappa shape index (κ2) is 5.75. The van der Waals surface area contributed by atoms with Crippen LogP contribution in [0.3, 0.4) is 0 Å². The van der Waals surface area contributed by atoms with Gasteiger partial charge >= 0.3 is 0 Å². The van der Waals surface area contributed by atoms with Crippen LogP contribution in [0.2, 0.25) is 0 Å². The number of hydrogen-bond donors (Lipinski definition) is 2. The van der Waals surface area contributed by atoms with Gasteiger partial charge in [0.25, 0.3) is 0 Å². The van der Waals surface area contributed by atoms with E-state index in [2.05, 4.69) is 10.6 Å². The second-order valence-corrected chi connectivity index (χ2v) is 4.91. The third kappa shape index (κ3) is 2.81. The van der Waals surface area contributed by atoms with Crippen LogP contribution >= 0.6 is 24.2 Å². The van der Waals surface area contributed by atoms with Crippen molar-refractivity contribution in [1.29, 1.82) is 0 Å². The van der Waals surface area contributed by atoms with Gasteiger partial charge in [0.2, 0.25) is 11.8 Å². The molecule has 7 heteroatoms. The first-order valence-electron chi connectivity index (χ1n) is 5.05. The number of nitrogens with one attached hydrogen (secondary N) is 2. The Morgan fingerprint density at radius 3 is 2.88 bits per heavy atom. The molecule has 1 unspecified atom stereocenters. The zero-order valence-corrected chi connectivity index (χ0v) is 10.7. The molecule has 5 nitrogen and oxygen atoms in total. The lowest BCUT2D eigenvalue weighted by Gasteiger charge is -2.15. The highest BCUT2D eigenvalue weighted by molar-refractivity contribution is 7.99. The molecule has 0 saturated carbocycles. The van der Waals surface area contributed by atoms with Gasteiger partial charge < -0.3 is 10.2 Å². The molecule has 0 aliphatic carbocycles. The molecule has 2 rings (SSSR count). The van der Waals surface area contributed by atoms with Crippen molar-refractivity contribution < 1.29 is 9.59 Å². The lowest BCUT2D eigenvalue weighted by atomic mass is 10.2. The third-order valence-corrected chi connectivity index (χ3v) is 3.72. The Morgan fingerprint density at radius 2 is 2.38 bits per heavy atom. The molecule has 2 fully saturated rings. The first-order valence-corrected chi connectivity index (χ1v) is 6.20. The molecule has 0 spiro atoms. The molecule has 0 bridgehead atoms. The van der Waals surface area contributed by atoms with Gasteiger partial charge in [-0.3, -0.25) is 14.9 Å². The quantitative estimate of drug-likeness (QED) is 0.701. The van der Waals surface area contributed by atoms with E-state index in [1.165, 1.54) is 0 Å². The van der Waals surface area contributed by atoms with Crippen LogP contribution in [0.5, 0.6) is 0 Å². The standard InChI is InChI=1S/C9H15N3O2S.ClH/c1-12-3-2-6(9(12)14)11-8(13)7-4-15-5-10-7;/h6-7,10H,2-5H2,1H3,(H,11,13);1H/t6?,7-;/m1./s1. The lowest BCUT2D eigenvalue weighted by Crippen LogP contribution is -2.48. The summed E-state index contributed by atoms with van der Waals surface area (Å²) in [4.78, 5) is 24.9. The summed E-state index contributed by atoms with van der Waals surface area (Å²) in [5, 5.41) is 5.88. The molecule has 2 saturated heterocycles. The largest absolute Gasteiger partial charge is 0.344 e. The summed E-state index contributed by atoms with van der Waals surface area (Å²) in [7, 11) is 1.76. The highest BCUT2D eigenvalue weighted by Crippen LogP contribution is 2.12. The predicted octanol–water partition coefficient (Wildman–Crippen LogP) is -0.582. The average Bonchev–Trinajstić information content (AvgIpc) is 2.83. The molecule has 0 aromatic rings. The van der Waals surface area contributed by atoms with Gasteiger partial charge in [-0.1, -0.05) is 0 Å². The van der Waals surface area contributed by atoms with Crippen LogP contribution in [-0.4, -0.2) is 54.0 Å². The highest BCUT2D eigenvalue weighted by atomic mass is 35.5. The van der Waals surface area contributed by atoms with Gasteiger partial charge in [-0.2, -0.15) is 0 Å². The molecule has 2 amide bonds. The molecule has 0 radical (unpaired) electrons. The fourth-order valence-electron chi connectivity index (χ4n) is 1.79. The van der Waals surface area contributed by atoms with Gasteiger partial charge in [0.1, 0.15) is 6.04 Å². The van der Waals surface area contributed by atoms with E-state index in [1.807, 2.05) is 0 Å². The van der Waals surface area contributed by atoms with Gasteiger partial charge in [0.05, 0.1) is 6.04 Å². The van der Waals surface area contributed by atoms with E-state index in [9.17, 15) is 9.59 Å². The van der Waals surface area contributed by atoms with E-state index >= 15 is 0 Å². The van der Waals surface area contributed by atoms with Crippen LogP contribution < -0.4 is 10.6 Å². The van der Waals surface area contributed by atoms with Crippen LogP contribution in [0.4, 0.5) is 0 Å². The summed E-state index contributed by atoms with van der Waals surface area (Å²) >= 11 is 1.70. The Morgan fingerprint density at radius 1 is 1.62 bits per heavy atom. The van der Waals surface area contributed by atoms with Crippen LogP contribution in [0.25, 0.3) is 0 Å². The smallest absolute Gasteiger partial charge is 0.244 e. The molecule has 2 atom stereocenters. The topological polar surface area (TPSA) is 61.4 Å². The van der Waals surface area contributed by atoms with E-state index in [1.54, 1.807) is 23.7 Å². The normalized spacial score (nSPS) is 29.1. The minimum Gasteiger partial charge on any atom is -0.344 e. The molecule has 92 valence electrons. The summed E-state index contributed by atoms with van der Waals surface area (Å²) in [5.74, 6) is 1.58. The average molecular weight is 266 g/mol. The molecular formula is C9H16ClN3O2S. The number of thioether (sulfide) groups is 1. The maximum Gasteiger partial charge on any atom is 0.244 e. The van der Waals surface area contributed by atoms with Gasteiger partial charge in [-0.05, 0) is 6.42 Å². The zero-order valence-electron chi connectivity index (χ0n) is 9.06. The Balaban J connectivity index is 0.00000128. The van der Waals surface area contributed by atoms with Crippen molar-refractivity contribution in [2.45, 2.75) is 18.5 Å². The second-order valence-electron chi connectivity index (χ2n) is 3.88. The van der Waals surface area contributed by atoms with E-state index in [-0.39, 0.29) is 36.3 Å². The Bertz CT molecular complexity index is 284. The summed E-state index contributed by atoms with van der Waals surface area (Å²) in [6.45, 7) is 0.733. The first kappa shape index (κ1) is 13.6. The van der Waals surface area contributed by atoms with Gasteiger partial charge in [0.15, 0.2) is 0 Å². The van der Waals surface area contributed by atoms with Gasteiger partial charge in [-0.25, -0.2) is 0 Å². The Hall–Kier alpha value is -0.460. The van der Waals surface area contributed by atoms with E-state index in [4.69, 9.17) is 0 Å². The maximum atomic E-state index is 11.7. The molecule has 0 aromatic carbocycles. The Kier molecular flexibility index (Phi) is 4.89. The van der Waals surface area contributed by atoms with Gasteiger partial charge in [0, 0.05) is 25.2 Å². The number of rotatable bonds is 2. The van der Waals surface area contributed by atoms with Crippen LogP contribution in [-0.2, 0) is 9.59 Å². The molecule has 2 aliphatic rings. The number of carbonyl (C=O) groups excluding carboxylic acids is 2. The van der Waals surface area contributed by atoms with Crippen molar-refractivity contribution >= 4 is 36.0 Å². The number of hydrogen-bond acceptors (Lipinski definition) is 4. The minimum atomic E-state index is -0.310. The number of nitrogens with zero attached hydrogens (tertiary/aromatic N) is 1. The Labute approximate surface area is 105 Å². The zero-order chi connectivity index (χ0) is 10.8. The third-order valence-electron chi connectivity index (χ3n) is 2.78. The number of halogens is 1. The number of likely N-dealkylation sites (tertiary alicyclic amines) is 1. The SMILES string of the molecule is CN1CCC(NC(=O)[C@H]2CSCN2)C1=O.Cl. The van der Waals surface area contributed by atoms with Crippen molar-refractivity contribution in [3.63, 3.8) is 0 Å². The fraction of sp³-hybridized carbons (Fsp3) is 0.778. The molecule has 0 aromatic heterocycles. The van der Waals surface area contributed by atoms with E-state index < -0.39 is 0 Å². The monoisotopic (exact) mass is 265 g/mol. The fourth-order valence-corrected chi connectivity index (χ4v) is 2.73. The van der Waals surface area contributed by atoms with Crippen LogP contribution in [0.15, 0.2) is 0 Å². The van der Waals surface area contributed by atoms with E-state index in [0.717, 1.165) is 24.6 Å². The van der Waals surface area contributed by atoms with Crippen molar-refractivity contribution in [3.05, 3.63) is 0 Å². The summed E-state index contributed by atoms with van der Waals surface area (Å²) in [6.07, 6.45) is 0.723. The maximum absolute atomic E-state index is 11.7.